The summed E-state index contributed by atoms with van der Waals surface area (Å²) in [7, 11) is 0. The van der Waals surface area contributed by atoms with Crippen molar-refractivity contribution < 1.29 is 33.1 Å². The van der Waals surface area contributed by atoms with Gasteiger partial charge in [-0.3, -0.25) is 14.9 Å². The van der Waals surface area contributed by atoms with Gasteiger partial charge in [-0.25, -0.2) is 4.79 Å². The van der Waals surface area contributed by atoms with Crippen molar-refractivity contribution in [3.05, 3.63) is 39.4 Å². The number of benzene rings is 1. The van der Waals surface area contributed by atoms with Gasteiger partial charge in [0.1, 0.15) is 6.29 Å². The second kappa shape index (κ2) is 6.36. The molecule has 20 heavy (non-hydrogen) atoms. The number of ether oxygens (including phenoxy) is 1. The van der Waals surface area contributed by atoms with Crippen LogP contribution in [0.1, 0.15) is 15.9 Å². The molecule has 0 saturated carbocycles. The molecule has 0 fully saturated rings. The Bertz CT molecular complexity index is 585. The smallest absolute Gasteiger partial charge is 0.387 e. The first-order valence-corrected chi connectivity index (χ1v) is 4.98. The predicted octanol–water partition coefficient (Wildman–Crippen LogP) is 2.11. The van der Waals surface area contributed by atoms with Crippen LogP contribution in [-0.4, -0.2) is 28.9 Å². The third-order valence-electron chi connectivity index (χ3n) is 2.07. The lowest BCUT2D eigenvalue weighted by Crippen LogP contribution is -2.07. The van der Waals surface area contributed by atoms with Gasteiger partial charge in [-0.1, -0.05) is 0 Å². The van der Waals surface area contributed by atoms with E-state index >= 15 is 0 Å². The number of nitro benzene ring substituents is 1. The van der Waals surface area contributed by atoms with Crippen molar-refractivity contribution in [2.75, 3.05) is 0 Å². The number of carbonyl (C=O) groups excluding carboxylic acids is 1. The molecule has 0 heterocycles. The molecule has 0 amide bonds. The molecule has 0 aromatic heterocycles. The summed E-state index contributed by atoms with van der Waals surface area (Å²) in [5.41, 5.74) is -1.35. The van der Waals surface area contributed by atoms with Gasteiger partial charge < -0.3 is 9.84 Å². The van der Waals surface area contributed by atoms with Crippen molar-refractivity contribution in [2.24, 2.45) is 0 Å². The average molecular weight is 287 g/mol. The van der Waals surface area contributed by atoms with Gasteiger partial charge >= 0.3 is 18.3 Å². The lowest BCUT2D eigenvalue weighted by Gasteiger charge is -2.09. The number of hydrogen-bond acceptors (Lipinski definition) is 5. The fraction of sp³-hybridized carbons (Fsp3) is 0.0909. The van der Waals surface area contributed by atoms with E-state index in [1.165, 1.54) is 0 Å². The molecular formula is C11H7F2NO6. The first-order valence-electron chi connectivity index (χ1n) is 4.98. The number of aliphatic carboxylic acids is 1. The minimum absolute atomic E-state index is 0.177. The van der Waals surface area contributed by atoms with E-state index in [4.69, 9.17) is 5.11 Å². The molecular weight excluding hydrogens is 280 g/mol. The normalized spacial score (nSPS) is 10.8. The van der Waals surface area contributed by atoms with E-state index in [0.717, 1.165) is 18.2 Å². The molecule has 0 atom stereocenters. The summed E-state index contributed by atoms with van der Waals surface area (Å²) in [6.45, 7) is -3.34. The van der Waals surface area contributed by atoms with Crippen LogP contribution in [0, 0.1) is 10.1 Å². The van der Waals surface area contributed by atoms with Crippen molar-refractivity contribution in [1.29, 1.82) is 0 Å². The summed E-state index contributed by atoms with van der Waals surface area (Å²) >= 11 is 0. The van der Waals surface area contributed by atoms with Gasteiger partial charge in [-0.05, 0) is 12.1 Å². The van der Waals surface area contributed by atoms with E-state index in [2.05, 4.69) is 4.74 Å². The molecule has 106 valence electrons. The first kappa shape index (κ1) is 15.2. The van der Waals surface area contributed by atoms with E-state index in [-0.39, 0.29) is 17.4 Å². The van der Waals surface area contributed by atoms with Crippen LogP contribution < -0.4 is 4.74 Å². The van der Waals surface area contributed by atoms with Crippen LogP contribution in [0.4, 0.5) is 14.5 Å². The molecule has 1 aromatic rings. The summed E-state index contributed by atoms with van der Waals surface area (Å²) < 4.78 is 28.6. The first-order chi connectivity index (χ1) is 9.35. The maximum atomic E-state index is 12.3. The summed E-state index contributed by atoms with van der Waals surface area (Å²) in [6.07, 6.45) is 1.66. The van der Waals surface area contributed by atoms with Crippen LogP contribution in [0.15, 0.2) is 18.2 Å². The molecule has 7 nitrogen and oxygen atoms in total. The highest BCUT2D eigenvalue weighted by atomic mass is 19.3. The fourth-order valence-electron chi connectivity index (χ4n) is 1.36. The number of nitro groups is 1. The Morgan fingerprint density at radius 3 is 2.55 bits per heavy atom. The minimum atomic E-state index is -3.34. The van der Waals surface area contributed by atoms with Crippen molar-refractivity contribution >= 4 is 24.0 Å². The second-order valence-corrected chi connectivity index (χ2v) is 3.38. The standard InChI is InChI=1S/C11H7F2NO6/c12-11(13)20-10-7(1-2-9(16)17)3-6(5-15)4-8(10)14(18)19/h1-5,11H,(H,16,17)/b2-1+. The Labute approximate surface area is 110 Å². The SMILES string of the molecule is O=Cc1cc(/C=C/C(=O)O)c(OC(F)F)c([N+](=O)[O-])c1. The zero-order chi connectivity index (χ0) is 15.3. The van der Waals surface area contributed by atoms with Gasteiger partial charge in [0.15, 0.2) is 0 Å². The van der Waals surface area contributed by atoms with Crippen LogP contribution in [0.25, 0.3) is 6.08 Å². The number of halogens is 2. The molecule has 0 aliphatic heterocycles. The number of nitrogens with zero attached hydrogens (tertiary/aromatic N) is 1. The second-order valence-electron chi connectivity index (χ2n) is 3.38. The van der Waals surface area contributed by atoms with E-state index in [9.17, 15) is 28.5 Å². The number of rotatable bonds is 6. The van der Waals surface area contributed by atoms with Gasteiger partial charge in [0.25, 0.3) is 0 Å². The number of carboxylic acids is 1. The summed E-state index contributed by atoms with van der Waals surface area (Å²) in [4.78, 5) is 30.8. The number of alkyl halides is 2. The monoisotopic (exact) mass is 287 g/mol. The maximum Gasteiger partial charge on any atom is 0.387 e. The van der Waals surface area contributed by atoms with Crippen molar-refractivity contribution in [1.82, 2.24) is 0 Å². The zero-order valence-electron chi connectivity index (χ0n) is 9.66. The Balaban J connectivity index is 3.50. The third kappa shape index (κ3) is 3.83. The number of carboxylic acid groups (broad SMARTS) is 1. The molecule has 0 radical (unpaired) electrons. The minimum Gasteiger partial charge on any atom is -0.478 e. The number of hydrogen-bond donors (Lipinski definition) is 1. The fourth-order valence-corrected chi connectivity index (χ4v) is 1.36. The maximum absolute atomic E-state index is 12.3. The summed E-state index contributed by atoms with van der Waals surface area (Å²) in [6, 6.07) is 1.75. The zero-order valence-corrected chi connectivity index (χ0v) is 9.66. The van der Waals surface area contributed by atoms with Crippen molar-refractivity contribution in [3.8, 4) is 5.75 Å². The van der Waals surface area contributed by atoms with Crippen LogP contribution in [0.2, 0.25) is 0 Å². The van der Waals surface area contributed by atoms with E-state index in [1.54, 1.807) is 0 Å². The quantitative estimate of drug-likeness (QED) is 0.371. The Morgan fingerprint density at radius 1 is 1.45 bits per heavy atom. The van der Waals surface area contributed by atoms with Gasteiger partial charge in [0, 0.05) is 23.3 Å². The average Bonchev–Trinajstić information content (AvgIpc) is 2.36. The lowest BCUT2D eigenvalue weighted by molar-refractivity contribution is -0.386. The summed E-state index contributed by atoms with van der Waals surface area (Å²) in [5.74, 6) is -2.21. The molecule has 1 N–H and O–H groups in total. The topological polar surface area (TPSA) is 107 Å². The van der Waals surface area contributed by atoms with Gasteiger partial charge in [0.2, 0.25) is 5.75 Å². The van der Waals surface area contributed by atoms with E-state index in [1.807, 2.05) is 0 Å². The number of aldehydes is 1. The van der Waals surface area contributed by atoms with Gasteiger partial charge in [-0.15, -0.1) is 0 Å². The molecule has 0 unspecified atom stereocenters. The highest BCUT2D eigenvalue weighted by Crippen LogP contribution is 2.34. The third-order valence-corrected chi connectivity index (χ3v) is 2.07. The van der Waals surface area contributed by atoms with E-state index < -0.39 is 28.9 Å². The highest BCUT2D eigenvalue weighted by Gasteiger charge is 2.23. The lowest BCUT2D eigenvalue weighted by atomic mass is 10.1. The molecule has 0 bridgehead atoms. The largest absolute Gasteiger partial charge is 0.478 e. The van der Waals surface area contributed by atoms with Gasteiger partial charge in [-0.2, -0.15) is 8.78 Å². The van der Waals surface area contributed by atoms with Crippen LogP contribution in [-0.2, 0) is 4.79 Å². The number of carbonyl (C=O) groups is 2. The Hall–Kier alpha value is -2.84. The molecule has 1 rings (SSSR count). The molecule has 1 aromatic carbocycles. The highest BCUT2D eigenvalue weighted by molar-refractivity contribution is 5.88. The molecule has 0 aliphatic rings. The molecule has 9 heteroatoms. The van der Waals surface area contributed by atoms with E-state index in [0.29, 0.717) is 6.08 Å². The van der Waals surface area contributed by atoms with Crippen molar-refractivity contribution in [2.45, 2.75) is 6.61 Å². The Morgan fingerprint density at radius 2 is 2.10 bits per heavy atom. The van der Waals surface area contributed by atoms with Crippen LogP contribution in [0.3, 0.4) is 0 Å². The van der Waals surface area contributed by atoms with Crippen LogP contribution >= 0.6 is 0 Å². The molecule has 0 saturated heterocycles. The van der Waals surface area contributed by atoms with Crippen molar-refractivity contribution in [3.63, 3.8) is 0 Å². The van der Waals surface area contributed by atoms with Crippen LogP contribution in [0.5, 0.6) is 5.75 Å². The molecule has 0 aliphatic carbocycles. The Kier molecular flexibility index (Phi) is 4.84. The molecule has 0 spiro atoms. The predicted molar refractivity (Wildman–Crippen MR) is 61.8 cm³/mol. The van der Waals surface area contributed by atoms with Gasteiger partial charge in [0.05, 0.1) is 4.92 Å². The summed E-state index contributed by atoms with van der Waals surface area (Å²) in [5, 5.41) is 19.3.